The molecule has 1 unspecified atom stereocenters. The number of rotatable bonds is 6. The molecule has 192 valence electrons. The van der Waals surface area contributed by atoms with Crippen LogP contribution in [-0.4, -0.2) is 82.1 Å². The third-order valence-electron chi connectivity index (χ3n) is 7.63. The second-order valence-electron chi connectivity index (χ2n) is 10.1. The van der Waals surface area contributed by atoms with Gasteiger partial charge in [-0.2, -0.15) is 5.10 Å². The Morgan fingerprint density at radius 2 is 1.72 bits per heavy atom. The molecule has 0 radical (unpaired) electrons. The monoisotopic (exact) mass is 490 g/mol. The smallest absolute Gasteiger partial charge is 0.216 e. The largest absolute Gasteiger partial charge is 0.481 e. The summed E-state index contributed by atoms with van der Waals surface area (Å²) in [6, 6.07) is 7.27. The molecule has 0 N–H and O–H groups in total. The van der Waals surface area contributed by atoms with Gasteiger partial charge in [-0.15, -0.1) is 0 Å². The molecule has 0 spiro atoms. The first kappa shape index (κ1) is 24.9. The predicted molar refractivity (Wildman–Crippen MR) is 141 cm³/mol. The van der Waals surface area contributed by atoms with Crippen molar-refractivity contribution in [3.05, 3.63) is 53.1 Å². The molecule has 5 rings (SSSR count). The lowest BCUT2D eigenvalue weighted by Crippen LogP contribution is -2.49. The summed E-state index contributed by atoms with van der Waals surface area (Å²) < 4.78 is 13.3. The van der Waals surface area contributed by atoms with Crippen LogP contribution in [0, 0.1) is 6.92 Å². The molecular weight excluding hydrogens is 452 g/mol. The molecule has 0 bridgehead atoms. The SMILES string of the molecule is COc1ncc(-n2nc(-c3ccnc(C(C)N4CCN(C(C)C)CC4)c3)c3c2CCOCC3)cc1C. The Bertz CT molecular complexity index is 1200. The van der Waals surface area contributed by atoms with E-state index in [0.717, 1.165) is 67.2 Å². The van der Waals surface area contributed by atoms with Crippen molar-refractivity contribution in [3.8, 4) is 22.8 Å². The maximum Gasteiger partial charge on any atom is 0.216 e. The lowest BCUT2D eigenvalue weighted by molar-refractivity contribution is 0.0821. The first-order valence-corrected chi connectivity index (χ1v) is 13.1. The Kier molecular flexibility index (Phi) is 7.37. The number of pyridine rings is 2. The fraction of sp³-hybridized carbons (Fsp3) is 0.536. The quantitative estimate of drug-likeness (QED) is 0.520. The van der Waals surface area contributed by atoms with Crippen molar-refractivity contribution in [1.29, 1.82) is 0 Å². The van der Waals surface area contributed by atoms with Gasteiger partial charge in [0.1, 0.15) is 0 Å². The highest BCUT2D eigenvalue weighted by atomic mass is 16.5. The van der Waals surface area contributed by atoms with Crippen LogP contribution < -0.4 is 4.74 Å². The summed E-state index contributed by atoms with van der Waals surface area (Å²) in [5.74, 6) is 0.641. The number of hydrogen-bond acceptors (Lipinski definition) is 7. The number of aryl methyl sites for hydroxylation is 1. The Labute approximate surface area is 214 Å². The van der Waals surface area contributed by atoms with Crippen LogP contribution in [0.25, 0.3) is 16.9 Å². The minimum absolute atomic E-state index is 0.261. The molecular formula is C28H38N6O2. The van der Waals surface area contributed by atoms with Crippen LogP contribution in [-0.2, 0) is 17.6 Å². The molecule has 1 atom stereocenters. The van der Waals surface area contributed by atoms with Crippen LogP contribution >= 0.6 is 0 Å². The van der Waals surface area contributed by atoms with Gasteiger partial charge in [0, 0.05) is 67.6 Å². The molecule has 1 saturated heterocycles. The van der Waals surface area contributed by atoms with Crippen LogP contribution in [0.5, 0.6) is 5.88 Å². The van der Waals surface area contributed by atoms with E-state index in [0.29, 0.717) is 25.1 Å². The molecule has 0 aliphatic carbocycles. The summed E-state index contributed by atoms with van der Waals surface area (Å²) in [6.07, 6.45) is 5.44. The van der Waals surface area contributed by atoms with E-state index in [1.807, 2.05) is 24.0 Å². The summed E-state index contributed by atoms with van der Waals surface area (Å²) in [5, 5.41) is 5.15. The van der Waals surface area contributed by atoms with Crippen LogP contribution in [0.2, 0.25) is 0 Å². The van der Waals surface area contributed by atoms with Gasteiger partial charge in [-0.3, -0.25) is 14.8 Å². The Hall–Kier alpha value is -2.81. The zero-order valence-electron chi connectivity index (χ0n) is 22.2. The zero-order valence-corrected chi connectivity index (χ0v) is 22.2. The number of fused-ring (bicyclic) bond motifs is 1. The minimum atomic E-state index is 0.261. The Morgan fingerprint density at radius 3 is 2.44 bits per heavy atom. The lowest BCUT2D eigenvalue weighted by atomic mass is 10.0. The van der Waals surface area contributed by atoms with E-state index in [1.54, 1.807) is 7.11 Å². The maximum absolute atomic E-state index is 5.84. The second-order valence-corrected chi connectivity index (χ2v) is 10.1. The summed E-state index contributed by atoms with van der Waals surface area (Å²) in [6.45, 7) is 14.6. The van der Waals surface area contributed by atoms with E-state index < -0.39 is 0 Å². The number of ether oxygens (including phenoxy) is 2. The first-order chi connectivity index (χ1) is 17.5. The number of hydrogen-bond donors (Lipinski definition) is 0. The molecule has 2 aliphatic heterocycles. The molecule has 3 aromatic rings. The summed E-state index contributed by atoms with van der Waals surface area (Å²) in [7, 11) is 1.65. The summed E-state index contributed by atoms with van der Waals surface area (Å²) in [5.41, 5.74) is 7.63. The van der Waals surface area contributed by atoms with Crippen molar-refractivity contribution in [3.63, 3.8) is 0 Å². The van der Waals surface area contributed by atoms with Crippen molar-refractivity contribution in [2.75, 3.05) is 46.5 Å². The van der Waals surface area contributed by atoms with Crippen molar-refractivity contribution < 1.29 is 9.47 Å². The fourth-order valence-electron chi connectivity index (χ4n) is 5.42. The van der Waals surface area contributed by atoms with Crippen LogP contribution in [0.3, 0.4) is 0 Å². The molecule has 5 heterocycles. The number of nitrogens with zero attached hydrogens (tertiary/aromatic N) is 6. The molecule has 8 heteroatoms. The maximum atomic E-state index is 5.84. The molecule has 0 aromatic carbocycles. The molecule has 0 amide bonds. The number of methoxy groups -OCH3 is 1. The number of piperazine rings is 1. The Morgan fingerprint density at radius 1 is 0.972 bits per heavy atom. The third-order valence-corrected chi connectivity index (χ3v) is 7.63. The van der Waals surface area contributed by atoms with Crippen LogP contribution in [0.4, 0.5) is 0 Å². The van der Waals surface area contributed by atoms with Crippen molar-refractivity contribution >= 4 is 0 Å². The lowest BCUT2D eigenvalue weighted by Gasteiger charge is -2.39. The fourth-order valence-corrected chi connectivity index (χ4v) is 5.42. The summed E-state index contributed by atoms with van der Waals surface area (Å²) >= 11 is 0. The minimum Gasteiger partial charge on any atom is -0.481 e. The molecule has 0 saturated carbocycles. The topological polar surface area (TPSA) is 68.5 Å². The van der Waals surface area contributed by atoms with E-state index in [9.17, 15) is 0 Å². The highest BCUT2D eigenvalue weighted by molar-refractivity contribution is 5.65. The van der Waals surface area contributed by atoms with E-state index in [4.69, 9.17) is 19.6 Å². The number of aromatic nitrogens is 4. The van der Waals surface area contributed by atoms with Gasteiger partial charge < -0.3 is 9.47 Å². The average Bonchev–Trinajstić information content (AvgIpc) is 3.08. The van der Waals surface area contributed by atoms with Gasteiger partial charge in [-0.25, -0.2) is 9.67 Å². The van der Waals surface area contributed by atoms with Gasteiger partial charge in [0.15, 0.2) is 0 Å². The zero-order chi connectivity index (χ0) is 25.2. The third kappa shape index (κ3) is 4.90. The van der Waals surface area contributed by atoms with Crippen LogP contribution in [0.1, 0.15) is 49.3 Å². The van der Waals surface area contributed by atoms with Gasteiger partial charge in [0.2, 0.25) is 5.88 Å². The van der Waals surface area contributed by atoms with Gasteiger partial charge in [0.05, 0.1) is 49.3 Å². The van der Waals surface area contributed by atoms with Gasteiger partial charge in [-0.05, 0) is 52.3 Å². The molecule has 36 heavy (non-hydrogen) atoms. The molecule has 1 fully saturated rings. The van der Waals surface area contributed by atoms with Gasteiger partial charge in [0.25, 0.3) is 0 Å². The molecule has 2 aliphatic rings. The van der Waals surface area contributed by atoms with Crippen molar-refractivity contribution in [2.24, 2.45) is 0 Å². The average molecular weight is 491 g/mol. The highest BCUT2D eigenvalue weighted by Gasteiger charge is 2.26. The molecule has 8 nitrogen and oxygen atoms in total. The first-order valence-electron chi connectivity index (χ1n) is 13.1. The van der Waals surface area contributed by atoms with E-state index >= 15 is 0 Å². The normalized spacial score (nSPS) is 18.2. The van der Waals surface area contributed by atoms with Crippen molar-refractivity contribution in [1.82, 2.24) is 29.5 Å². The Balaban J connectivity index is 1.48. The van der Waals surface area contributed by atoms with E-state index in [2.05, 4.69) is 53.8 Å². The second kappa shape index (κ2) is 10.7. The molecule has 3 aromatic heterocycles. The highest BCUT2D eigenvalue weighted by Crippen LogP contribution is 2.32. The van der Waals surface area contributed by atoms with Gasteiger partial charge >= 0.3 is 0 Å². The van der Waals surface area contributed by atoms with E-state index in [1.165, 1.54) is 11.3 Å². The van der Waals surface area contributed by atoms with Gasteiger partial charge in [-0.1, -0.05) is 0 Å². The predicted octanol–water partition coefficient (Wildman–Crippen LogP) is 3.85. The summed E-state index contributed by atoms with van der Waals surface area (Å²) in [4.78, 5) is 14.4. The van der Waals surface area contributed by atoms with Crippen LogP contribution in [0.15, 0.2) is 30.6 Å². The van der Waals surface area contributed by atoms with E-state index in [-0.39, 0.29) is 6.04 Å². The standard InChI is InChI=1S/C28H38N6O2/c1-19(2)32-10-12-33(13-11-32)21(4)25-17-22(6-9-29-25)27-24-7-14-36-15-8-26(24)34(31-27)23-16-20(3)28(35-5)30-18-23/h6,9,16-19,21H,7-8,10-15H2,1-5H3. The van der Waals surface area contributed by atoms with Crippen molar-refractivity contribution in [2.45, 2.75) is 52.6 Å².